The highest BCUT2D eigenvalue weighted by molar-refractivity contribution is 7.93. The number of benzene rings is 4. The molecule has 0 aliphatic heterocycles. The molecule has 40 heavy (non-hydrogen) atoms. The largest absolute Gasteiger partial charge is 0.325 e. The second-order valence-electron chi connectivity index (χ2n) is 9.59. The summed E-state index contributed by atoms with van der Waals surface area (Å²) in [6.07, 6.45) is 0. The van der Waals surface area contributed by atoms with E-state index in [4.69, 9.17) is 0 Å². The van der Waals surface area contributed by atoms with Crippen LogP contribution in [0.15, 0.2) is 101 Å². The molecule has 0 atom stereocenters. The van der Waals surface area contributed by atoms with E-state index in [0.29, 0.717) is 22.6 Å². The quantitative estimate of drug-likeness (QED) is 0.271. The summed E-state index contributed by atoms with van der Waals surface area (Å²) in [5.74, 6) is -0.580. The normalized spacial score (nSPS) is 11.6. The van der Waals surface area contributed by atoms with E-state index < -0.39 is 32.5 Å². The van der Waals surface area contributed by atoms with Crippen molar-refractivity contribution in [1.82, 2.24) is 0 Å². The van der Waals surface area contributed by atoms with E-state index in [1.54, 1.807) is 49.4 Å². The third-order valence-electron chi connectivity index (χ3n) is 6.45. The summed E-state index contributed by atoms with van der Waals surface area (Å²) in [6, 6.07) is 24.2. The second kappa shape index (κ2) is 11.5. The molecule has 208 valence electrons. The smallest absolute Gasteiger partial charge is 0.264 e. The van der Waals surface area contributed by atoms with Gasteiger partial charge in [0.05, 0.1) is 15.5 Å². The van der Waals surface area contributed by atoms with Crippen molar-refractivity contribution in [3.05, 3.63) is 113 Å². The molecule has 0 unspecified atom stereocenters. The number of aryl methyl sites for hydroxylation is 4. The topological polar surface area (TPSA) is 113 Å². The van der Waals surface area contributed by atoms with E-state index in [2.05, 4.69) is 10.0 Å². The maximum atomic E-state index is 13.6. The molecule has 4 aromatic rings. The van der Waals surface area contributed by atoms with Gasteiger partial charge in [0.15, 0.2) is 0 Å². The van der Waals surface area contributed by atoms with Crippen LogP contribution in [-0.4, -0.2) is 29.3 Å². The Labute approximate surface area is 235 Å². The summed E-state index contributed by atoms with van der Waals surface area (Å²) < 4.78 is 56.5. The van der Waals surface area contributed by atoms with Gasteiger partial charge in [-0.05, 0) is 99.0 Å². The Hall–Kier alpha value is -4.15. The van der Waals surface area contributed by atoms with Crippen molar-refractivity contribution in [2.45, 2.75) is 37.5 Å². The highest BCUT2D eigenvalue weighted by Gasteiger charge is 2.28. The van der Waals surface area contributed by atoms with Crippen LogP contribution in [-0.2, 0) is 24.8 Å². The number of anilines is 3. The van der Waals surface area contributed by atoms with E-state index in [0.717, 1.165) is 21.0 Å². The molecular formula is C30H31N3O5S2. The predicted octanol–water partition coefficient (Wildman–Crippen LogP) is 5.56. The molecule has 0 aliphatic carbocycles. The highest BCUT2D eigenvalue weighted by Crippen LogP contribution is 2.28. The van der Waals surface area contributed by atoms with Crippen molar-refractivity contribution in [3.8, 4) is 0 Å². The zero-order valence-electron chi connectivity index (χ0n) is 22.7. The Kier molecular flexibility index (Phi) is 8.32. The zero-order valence-corrected chi connectivity index (χ0v) is 24.3. The summed E-state index contributed by atoms with van der Waals surface area (Å²) in [4.78, 5) is 13.2. The molecule has 10 heteroatoms. The lowest BCUT2D eigenvalue weighted by Crippen LogP contribution is -2.38. The lowest BCUT2D eigenvalue weighted by atomic mass is 10.1. The van der Waals surface area contributed by atoms with Gasteiger partial charge in [-0.1, -0.05) is 42.0 Å². The molecule has 0 saturated carbocycles. The molecule has 4 rings (SSSR count). The number of amides is 1. The molecule has 8 nitrogen and oxygen atoms in total. The van der Waals surface area contributed by atoms with Crippen LogP contribution in [0.25, 0.3) is 0 Å². The first kappa shape index (κ1) is 28.8. The van der Waals surface area contributed by atoms with Gasteiger partial charge in [0.1, 0.15) is 6.54 Å². The summed E-state index contributed by atoms with van der Waals surface area (Å²) >= 11 is 0. The van der Waals surface area contributed by atoms with Crippen molar-refractivity contribution < 1.29 is 21.6 Å². The molecule has 0 aromatic heterocycles. The fourth-order valence-electron chi connectivity index (χ4n) is 4.17. The van der Waals surface area contributed by atoms with Crippen molar-refractivity contribution >= 4 is 43.0 Å². The van der Waals surface area contributed by atoms with Gasteiger partial charge in [-0.2, -0.15) is 0 Å². The average Bonchev–Trinajstić information content (AvgIpc) is 2.90. The summed E-state index contributed by atoms with van der Waals surface area (Å²) in [7, 11) is -7.91. The monoisotopic (exact) mass is 577 g/mol. The number of rotatable bonds is 9. The minimum Gasteiger partial charge on any atom is -0.325 e. The number of hydrogen-bond acceptors (Lipinski definition) is 5. The average molecular weight is 578 g/mol. The van der Waals surface area contributed by atoms with Gasteiger partial charge >= 0.3 is 0 Å². The lowest BCUT2D eigenvalue weighted by molar-refractivity contribution is -0.114. The summed E-state index contributed by atoms with van der Waals surface area (Å²) in [5, 5.41) is 2.68. The Morgan fingerprint density at radius 2 is 1.32 bits per heavy atom. The Bertz CT molecular complexity index is 1750. The van der Waals surface area contributed by atoms with Gasteiger partial charge in [-0.15, -0.1) is 0 Å². The zero-order chi connectivity index (χ0) is 29.1. The minimum absolute atomic E-state index is 0.0206. The third-order valence-corrected chi connectivity index (χ3v) is 9.62. The molecule has 0 saturated heterocycles. The van der Waals surface area contributed by atoms with Crippen LogP contribution in [0.1, 0.15) is 22.3 Å². The molecule has 0 fully saturated rings. The minimum atomic E-state index is -4.05. The molecule has 0 spiro atoms. The summed E-state index contributed by atoms with van der Waals surface area (Å²) in [5.41, 5.74) is 4.85. The van der Waals surface area contributed by atoms with Crippen LogP contribution < -0.4 is 14.3 Å². The summed E-state index contributed by atoms with van der Waals surface area (Å²) in [6.45, 7) is 7.06. The van der Waals surface area contributed by atoms with Crippen LogP contribution >= 0.6 is 0 Å². The molecule has 0 aliphatic rings. The second-order valence-corrected chi connectivity index (χ2v) is 13.1. The van der Waals surface area contributed by atoms with E-state index in [1.807, 2.05) is 32.9 Å². The van der Waals surface area contributed by atoms with E-state index in [1.165, 1.54) is 36.4 Å². The van der Waals surface area contributed by atoms with Crippen LogP contribution in [0.2, 0.25) is 0 Å². The van der Waals surface area contributed by atoms with Crippen LogP contribution in [0.3, 0.4) is 0 Å². The highest BCUT2D eigenvalue weighted by atomic mass is 32.2. The lowest BCUT2D eigenvalue weighted by Gasteiger charge is -2.26. The van der Waals surface area contributed by atoms with Crippen molar-refractivity contribution in [2.75, 3.05) is 20.9 Å². The molecule has 4 aromatic carbocycles. The third kappa shape index (κ3) is 6.52. The molecular weight excluding hydrogens is 546 g/mol. The van der Waals surface area contributed by atoms with E-state index in [-0.39, 0.29) is 9.79 Å². The Morgan fingerprint density at radius 1 is 0.675 bits per heavy atom. The van der Waals surface area contributed by atoms with Crippen LogP contribution in [0.4, 0.5) is 17.1 Å². The molecule has 0 radical (unpaired) electrons. The predicted molar refractivity (Wildman–Crippen MR) is 159 cm³/mol. The molecule has 0 heterocycles. The van der Waals surface area contributed by atoms with Crippen molar-refractivity contribution in [1.29, 1.82) is 0 Å². The van der Waals surface area contributed by atoms with Gasteiger partial charge in [-0.3, -0.25) is 13.8 Å². The maximum Gasteiger partial charge on any atom is 0.264 e. The Morgan fingerprint density at radius 3 is 1.95 bits per heavy atom. The van der Waals surface area contributed by atoms with Crippen molar-refractivity contribution in [2.24, 2.45) is 0 Å². The molecule has 0 bridgehead atoms. The number of carbonyl (C=O) groups excluding carboxylic acids is 1. The van der Waals surface area contributed by atoms with E-state index in [9.17, 15) is 21.6 Å². The van der Waals surface area contributed by atoms with Crippen molar-refractivity contribution in [3.63, 3.8) is 0 Å². The van der Waals surface area contributed by atoms with Gasteiger partial charge in [-0.25, -0.2) is 16.8 Å². The Balaban J connectivity index is 1.54. The number of carbonyl (C=O) groups is 1. The van der Waals surface area contributed by atoms with Gasteiger partial charge in [0.25, 0.3) is 20.0 Å². The van der Waals surface area contributed by atoms with Crippen LogP contribution in [0, 0.1) is 27.7 Å². The fourth-order valence-corrected chi connectivity index (χ4v) is 6.73. The van der Waals surface area contributed by atoms with Gasteiger partial charge < -0.3 is 5.32 Å². The van der Waals surface area contributed by atoms with Gasteiger partial charge in [0.2, 0.25) is 5.91 Å². The van der Waals surface area contributed by atoms with Gasteiger partial charge in [0, 0.05) is 11.4 Å². The first-order valence-electron chi connectivity index (χ1n) is 12.5. The number of hydrogen-bond donors (Lipinski definition) is 2. The molecule has 1 amide bonds. The first-order valence-corrected chi connectivity index (χ1v) is 15.4. The van der Waals surface area contributed by atoms with Crippen LogP contribution in [0.5, 0.6) is 0 Å². The SMILES string of the molecule is Cc1ccc(N(CC(=O)Nc2ccc(S(=O)(=O)Nc3ccc(C)c(C)c3)cc2)S(=O)(=O)c2ccccc2)c(C)c1. The molecule has 2 N–H and O–H groups in total. The first-order chi connectivity index (χ1) is 18.9. The van der Waals surface area contributed by atoms with E-state index >= 15 is 0 Å². The number of nitrogens with zero attached hydrogens (tertiary/aromatic N) is 1. The number of nitrogens with one attached hydrogen (secondary N) is 2. The maximum absolute atomic E-state index is 13.6. The number of sulfonamides is 2. The standard InChI is InChI=1S/C30H31N3O5S2/c1-21-10-17-29(24(4)18-21)33(40(37,38)28-8-6-5-7-9-28)20-30(34)31-25-13-15-27(16-14-25)39(35,36)32-26-12-11-22(2)23(3)19-26/h5-19,32H,20H2,1-4H3,(H,31,34). The fraction of sp³-hybridized carbons (Fsp3) is 0.167.